The number of hydrogen-bond acceptors (Lipinski definition) is 2. The van der Waals surface area contributed by atoms with Crippen molar-refractivity contribution in [2.75, 3.05) is 20.2 Å². The lowest BCUT2D eigenvalue weighted by Crippen LogP contribution is -2.46. The van der Waals surface area contributed by atoms with Gasteiger partial charge in [-0.05, 0) is 36.6 Å². The minimum atomic E-state index is -0.0751. The smallest absolute Gasteiger partial charge is 0.206 e. The van der Waals surface area contributed by atoms with E-state index >= 15 is 0 Å². The van der Waals surface area contributed by atoms with E-state index in [1.165, 1.54) is 27.9 Å². The maximum Gasteiger partial charge on any atom is 0.206 e. The van der Waals surface area contributed by atoms with Crippen molar-refractivity contribution in [1.82, 2.24) is 4.98 Å². The van der Waals surface area contributed by atoms with Crippen molar-refractivity contribution in [1.29, 1.82) is 0 Å². The first-order chi connectivity index (χ1) is 12.6. The molecular formula is C21H24BrN2O2+. The van der Waals surface area contributed by atoms with Crippen LogP contribution in [0.3, 0.4) is 0 Å². The molecule has 0 radical (unpaired) electrons. The van der Waals surface area contributed by atoms with E-state index in [2.05, 4.69) is 50.6 Å². The van der Waals surface area contributed by atoms with Crippen LogP contribution in [0.2, 0.25) is 0 Å². The number of H-pyrrole nitrogens is 1. The standard InChI is InChI=1S/C21H23BrN2O2/c1-3-21(12-15(13-25)26-2)8-4-9-24-10-7-16-17-11-14(22)5-6-18(17)23-19(16)20(21)24/h5-6,11H,3-4,7-10,12H2,1-2H3/p+1. The molecule has 2 aliphatic rings. The summed E-state index contributed by atoms with van der Waals surface area (Å²) in [5.41, 5.74) is 5.13. The van der Waals surface area contributed by atoms with E-state index in [0.717, 1.165) is 43.2 Å². The number of aromatic amines is 1. The number of nitrogens with one attached hydrogen (secondary N) is 1. The highest BCUT2D eigenvalue weighted by Gasteiger charge is 2.48. The molecule has 0 bridgehead atoms. The van der Waals surface area contributed by atoms with Crippen LogP contribution in [0.15, 0.2) is 28.4 Å². The number of hydrogen-bond donors (Lipinski definition) is 1. The van der Waals surface area contributed by atoms with Gasteiger partial charge < -0.3 is 9.72 Å². The van der Waals surface area contributed by atoms with Gasteiger partial charge in [0.25, 0.3) is 0 Å². The van der Waals surface area contributed by atoms with Gasteiger partial charge in [0.15, 0.2) is 11.7 Å². The highest BCUT2D eigenvalue weighted by Crippen LogP contribution is 2.44. The minimum Gasteiger partial charge on any atom is -0.490 e. The third kappa shape index (κ3) is 2.65. The molecule has 1 N–H and O–H groups in total. The second-order valence-corrected chi connectivity index (χ2v) is 8.31. The molecule has 1 unspecified atom stereocenters. The van der Waals surface area contributed by atoms with E-state index in [4.69, 9.17) is 4.74 Å². The van der Waals surface area contributed by atoms with Crippen LogP contribution in [0.25, 0.3) is 10.9 Å². The molecule has 4 nitrogen and oxygen atoms in total. The SMILES string of the molecule is CCC1(CC(=C=O)OC)CCC[N+]2=C1c1[nH]c3ccc(Br)cc3c1CC2. The van der Waals surface area contributed by atoms with Crippen molar-refractivity contribution in [3.8, 4) is 0 Å². The van der Waals surface area contributed by atoms with E-state index < -0.39 is 0 Å². The zero-order valence-corrected chi connectivity index (χ0v) is 16.9. The summed E-state index contributed by atoms with van der Waals surface area (Å²) in [5, 5.41) is 1.30. The molecule has 0 amide bonds. The fourth-order valence-electron chi connectivity index (χ4n) is 4.85. The highest BCUT2D eigenvalue weighted by molar-refractivity contribution is 9.10. The third-order valence-corrected chi connectivity index (χ3v) is 6.67. The van der Waals surface area contributed by atoms with Crippen LogP contribution in [0.4, 0.5) is 0 Å². The third-order valence-electron chi connectivity index (χ3n) is 6.17. The van der Waals surface area contributed by atoms with Gasteiger partial charge in [-0.15, -0.1) is 0 Å². The van der Waals surface area contributed by atoms with Crippen LogP contribution in [-0.2, 0) is 16.0 Å². The molecule has 0 fully saturated rings. The van der Waals surface area contributed by atoms with Gasteiger partial charge in [0.05, 0.1) is 12.5 Å². The van der Waals surface area contributed by atoms with Crippen molar-refractivity contribution in [2.45, 2.75) is 39.0 Å². The molecule has 0 spiro atoms. The molecule has 26 heavy (non-hydrogen) atoms. The Hall–Kier alpha value is -1.84. The molecule has 1 atom stereocenters. The molecule has 2 aromatic rings. The molecule has 5 heteroatoms. The Morgan fingerprint density at radius 1 is 1.42 bits per heavy atom. The summed E-state index contributed by atoms with van der Waals surface area (Å²) < 4.78 is 8.95. The van der Waals surface area contributed by atoms with Gasteiger partial charge in [0, 0.05) is 34.6 Å². The fourth-order valence-corrected chi connectivity index (χ4v) is 5.21. The molecule has 3 heterocycles. The maximum atomic E-state index is 11.3. The van der Waals surface area contributed by atoms with Crippen LogP contribution >= 0.6 is 15.9 Å². The summed E-state index contributed by atoms with van der Waals surface area (Å²) in [7, 11) is 1.57. The van der Waals surface area contributed by atoms with Crippen LogP contribution in [0.5, 0.6) is 0 Å². The number of methoxy groups -OCH3 is 1. The Labute approximate surface area is 162 Å². The predicted molar refractivity (Wildman–Crippen MR) is 107 cm³/mol. The molecule has 1 aromatic carbocycles. The zero-order valence-electron chi connectivity index (χ0n) is 15.3. The average molecular weight is 416 g/mol. The molecule has 2 aliphatic heterocycles. The monoisotopic (exact) mass is 415 g/mol. The van der Waals surface area contributed by atoms with E-state index in [1.54, 1.807) is 7.11 Å². The summed E-state index contributed by atoms with van der Waals surface area (Å²) in [6.07, 6.45) is 4.87. The summed E-state index contributed by atoms with van der Waals surface area (Å²) in [5.74, 6) is 2.43. The normalized spacial score (nSPS) is 22.0. The Morgan fingerprint density at radius 2 is 2.27 bits per heavy atom. The van der Waals surface area contributed by atoms with Gasteiger partial charge in [0.2, 0.25) is 5.71 Å². The summed E-state index contributed by atoms with van der Waals surface area (Å²) in [6, 6.07) is 6.44. The van der Waals surface area contributed by atoms with Crippen LogP contribution in [0.1, 0.15) is 43.9 Å². The Bertz CT molecular complexity index is 952. The number of aromatic nitrogens is 1. The van der Waals surface area contributed by atoms with Gasteiger partial charge >= 0.3 is 0 Å². The molecule has 136 valence electrons. The zero-order chi connectivity index (χ0) is 18.3. The van der Waals surface area contributed by atoms with E-state index in [-0.39, 0.29) is 5.41 Å². The minimum absolute atomic E-state index is 0.0751. The lowest BCUT2D eigenvalue weighted by atomic mass is 9.69. The molecule has 0 saturated heterocycles. The van der Waals surface area contributed by atoms with Crippen molar-refractivity contribution < 1.29 is 14.1 Å². The first kappa shape index (κ1) is 17.6. The molecular weight excluding hydrogens is 392 g/mol. The first-order valence-electron chi connectivity index (χ1n) is 9.32. The number of benzene rings is 1. The summed E-state index contributed by atoms with van der Waals surface area (Å²) in [6.45, 7) is 4.35. The highest BCUT2D eigenvalue weighted by atomic mass is 79.9. The van der Waals surface area contributed by atoms with Crippen molar-refractivity contribution >= 4 is 38.5 Å². The fraction of sp³-hybridized carbons (Fsp3) is 0.476. The van der Waals surface area contributed by atoms with Crippen molar-refractivity contribution in [3.63, 3.8) is 0 Å². The number of carbonyl (C=O) groups excluding carboxylic acids is 1. The predicted octanol–water partition coefficient (Wildman–Crippen LogP) is 4.23. The van der Waals surface area contributed by atoms with E-state index in [9.17, 15) is 4.79 Å². The molecule has 0 saturated carbocycles. The second kappa shape index (κ2) is 6.71. The number of rotatable bonds is 4. The van der Waals surface area contributed by atoms with E-state index in [1.807, 2.05) is 5.94 Å². The Morgan fingerprint density at radius 3 is 3.00 bits per heavy atom. The second-order valence-electron chi connectivity index (χ2n) is 7.40. The molecule has 0 aliphatic carbocycles. The quantitative estimate of drug-likeness (QED) is 0.461. The summed E-state index contributed by atoms with van der Waals surface area (Å²) in [4.78, 5) is 15.0. The number of halogens is 1. The molecule has 1 aromatic heterocycles. The van der Waals surface area contributed by atoms with Crippen LogP contribution < -0.4 is 0 Å². The van der Waals surface area contributed by atoms with Gasteiger partial charge in [-0.25, -0.2) is 9.37 Å². The van der Waals surface area contributed by atoms with Gasteiger partial charge in [-0.3, -0.25) is 0 Å². The topological polar surface area (TPSA) is 45.1 Å². The Kier molecular flexibility index (Phi) is 4.54. The average Bonchev–Trinajstić information content (AvgIpc) is 3.03. The summed E-state index contributed by atoms with van der Waals surface area (Å²) >= 11 is 3.61. The lowest BCUT2D eigenvalue weighted by Gasteiger charge is -2.37. The van der Waals surface area contributed by atoms with Crippen molar-refractivity contribution in [2.24, 2.45) is 5.41 Å². The van der Waals surface area contributed by atoms with Gasteiger partial charge in [0.1, 0.15) is 18.8 Å². The lowest BCUT2D eigenvalue weighted by molar-refractivity contribution is -0.538. The van der Waals surface area contributed by atoms with Crippen LogP contribution in [-0.4, -0.2) is 41.4 Å². The maximum absolute atomic E-state index is 11.3. The first-order valence-corrected chi connectivity index (χ1v) is 10.1. The number of allylic oxidation sites excluding steroid dienone is 1. The number of fused-ring (bicyclic) bond motifs is 4. The van der Waals surface area contributed by atoms with E-state index in [0.29, 0.717) is 12.2 Å². The Balaban J connectivity index is 1.92. The van der Waals surface area contributed by atoms with Crippen molar-refractivity contribution in [3.05, 3.63) is 39.7 Å². The number of nitrogens with zero attached hydrogens (tertiary/aromatic N) is 1. The number of ether oxygens (including phenoxy) is 1. The largest absolute Gasteiger partial charge is 0.490 e. The molecule has 4 rings (SSSR count). The van der Waals surface area contributed by atoms with Crippen LogP contribution in [0, 0.1) is 5.41 Å². The van der Waals surface area contributed by atoms with Gasteiger partial charge in [-0.1, -0.05) is 22.9 Å². The van der Waals surface area contributed by atoms with Gasteiger partial charge in [-0.2, -0.15) is 0 Å².